The van der Waals surface area contributed by atoms with Crippen molar-refractivity contribution in [2.45, 2.75) is 77.3 Å². The maximum absolute atomic E-state index is 13.9. The van der Waals surface area contributed by atoms with Gasteiger partial charge in [0.25, 0.3) is 0 Å². The summed E-state index contributed by atoms with van der Waals surface area (Å²) in [6.45, 7) is 9.96. The smallest absolute Gasteiger partial charge is 0.249 e. The zero-order valence-corrected chi connectivity index (χ0v) is 23.3. The summed E-state index contributed by atoms with van der Waals surface area (Å²) in [7, 11) is 0. The van der Waals surface area contributed by atoms with Crippen molar-refractivity contribution in [3.8, 4) is 0 Å². The topological polar surface area (TPSA) is 108 Å². The largest absolute Gasteiger partial charge is 0.324 e. The van der Waals surface area contributed by atoms with Gasteiger partial charge in [0.1, 0.15) is 5.54 Å². The third-order valence-electron chi connectivity index (χ3n) is 8.57. The van der Waals surface area contributed by atoms with E-state index < -0.39 is 11.1 Å². The first-order chi connectivity index (χ1) is 18.6. The second-order valence-electron chi connectivity index (χ2n) is 11.6. The van der Waals surface area contributed by atoms with Crippen LogP contribution in [0.1, 0.15) is 104 Å². The number of piperidine rings is 1. The maximum atomic E-state index is 13.9. The lowest BCUT2D eigenvalue weighted by atomic mass is 9.79. The highest BCUT2D eigenvalue weighted by molar-refractivity contribution is 6.33. The first-order valence-corrected chi connectivity index (χ1v) is 14.1. The summed E-state index contributed by atoms with van der Waals surface area (Å²) >= 11 is 0. The standard InChI is InChI=1S/C31H38N4O4/c1-5-6-8-16-32-30(2,3)28(38)33-22-13-11-12-19-23(22)26(36)20-14-15-21-25(24(20)27(19)37)34-29(39)31(21,4)35-17-9-7-10-18-35/h11-15,32H,5-10,16-18H2,1-4H3,(H,33,38)(H,34,39). The number of hydrogen-bond donors (Lipinski definition) is 3. The Hall–Kier alpha value is -3.36. The van der Waals surface area contributed by atoms with Crippen LogP contribution in [0.3, 0.4) is 0 Å². The predicted octanol–water partition coefficient (Wildman–Crippen LogP) is 4.61. The highest BCUT2D eigenvalue weighted by Crippen LogP contribution is 2.46. The Morgan fingerprint density at radius 2 is 1.67 bits per heavy atom. The number of fused-ring (bicyclic) bond motifs is 4. The molecule has 2 amide bonds. The van der Waals surface area contributed by atoms with Gasteiger partial charge in [-0.25, -0.2) is 0 Å². The van der Waals surface area contributed by atoms with Gasteiger partial charge in [0.2, 0.25) is 11.8 Å². The fourth-order valence-electron chi connectivity index (χ4n) is 6.07. The Morgan fingerprint density at radius 1 is 0.974 bits per heavy atom. The van der Waals surface area contributed by atoms with Crippen LogP contribution >= 0.6 is 0 Å². The van der Waals surface area contributed by atoms with Crippen LogP contribution < -0.4 is 16.0 Å². The summed E-state index contributed by atoms with van der Waals surface area (Å²) in [6, 6.07) is 8.41. The average Bonchev–Trinajstić information content (AvgIpc) is 3.20. The maximum Gasteiger partial charge on any atom is 0.249 e. The molecule has 3 N–H and O–H groups in total. The number of likely N-dealkylation sites (tertiary alicyclic amines) is 1. The second-order valence-corrected chi connectivity index (χ2v) is 11.6. The van der Waals surface area contributed by atoms with E-state index in [2.05, 4.69) is 27.8 Å². The van der Waals surface area contributed by atoms with Gasteiger partial charge in [-0.15, -0.1) is 0 Å². The molecular weight excluding hydrogens is 492 g/mol. The summed E-state index contributed by atoms with van der Waals surface area (Å²) in [5.74, 6) is -1.12. The van der Waals surface area contributed by atoms with Crippen molar-refractivity contribution in [1.29, 1.82) is 0 Å². The first kappa shape index (κ1) is 27.2. The molecule has 3 aliphatic rings. The van der Waals surface area contributed by atoms with E-state index in [9.17, 15) is 19.2 Å². The highest BCUT2D eigenvalue weighted by Gasteiger charge is 2.50. The molecule has 2 aromatic rings. The zero-order valence-electron chi connectivity index (χ0n) is 23.3. The van der Waals surface area contributed by atoms with Crippen LogP contribution in [-0.2, 0) is 15.1 Å². The zero-order chi connectivity index (χ0) is 27.9. The predicted molar refractivity (Wildman–Crippen MR) is 151 cm³/mol. The Bertz CT molecular complexity index is 1360. The van der Waals surface area contributed by atoms with Crippen LogP contribution in [0, 0.1) is 0 Å². The molecule has 5 rings (SSSR count). The number of ketones is 2. The molecule has 2 heterocycles. The number of carbonyl (C=O) groups excluding carboxylic acids is 4. The van der Waals surface area contributed by atoms with E-state index in [1.807, 2.05) is 6.92 Å². The van der Waals surface area contributed by atoms with E-state index in [4.69, 9.17) is 0 Å². The lowest BCUT2D eigenvalue weighted by Gasteiger charge is -2.39. The van der Waals surface area contributed by atoms with E-state index in [0.717, 1.165) is 57.2 Å². The van der Waals surface area contributed by atoms with Gasteiger partial charge in [0.05, 0.1) is 28.0 Å². The molecule has 8 nitrogen and oxygen atoms in total. The fourth-order valence-corrected chi connectivity index (χ4v) is 6.07. The van der Waals surface area contributed by atoms with E-state index in [0.29, 0.717) is 17.9 Å². The van der Waals surface area contributed by atoms with Crippen molar-refractivity contribution in [3.63, 3.8) is 0 Å². The number of nitrogens with one attached hydrogen (secondary N) is 3. The molecule has 0 aromatic heterocycles. The Labute approximate surface area is 229 Å². The summed E-state index contributed by atoms with van der Waals surface area (Å²) in [6.07, 6.45) is 6.32. The molecule has 8 heteroatoms. The quantitative estimate of drug-likeness (QED) is 0.367. The lowest BCUT2D eigenvalue weighted by Crippen LogP contribution is -2.50. The summed E-state index contributed by atoms with van der Waals surface area (Å²) in [4.78, 5) is 56.5. The Kier molecular flexibility index (Phi) is 7.20. The van der Waals surface area contributed by atoms with Crippen LogP contribution in [0.5, 0.6) is 0 Å². The molecule has 0 saturated carbocycles. The molecule has 206 valence electrons. The third-order valence-corrected chi connectivity index (χ3v) is 8.57. The molecule has 1 aliphatic carbocycles. The van der Waals surface area contributed by atoms with Gasteiger partial charge in [0, 0.05) is 16.7 Å². The Morgan fingerprint density at radius 3 is 2.38 bits per heavy atom. The van der Waals surface area contributed by atoms with Gasteiger partial charge in [-0.1, -0.05) is 44.4 Å². The molecule has 1 fully saturated rings. The minimum Gasteiger partial charge on any atom is -0.324 e. The SMILES string of the molecule is CCCCCNC(C)(C)C(=O)Nc1cccc2c1C(=O)c1ccc3c(c1C2=O)NC(=O)C3(C)N1CCCCC1. The average molecular weight is 531 g/mol. The molecule has 0 radical (unpaired) electrons. The van der Waals surface area contributed by atoms with Gasteiger partial charge < -0.3 is 16.0 Å². The number of rotatable bonds is 8. The van der Waals surface area contributed by atoms with Gasteiger partial charge >= 0.3 is 0 Å². The van der Waals surface area contributed by atoms with E-state index in [1.165, 1.54) is 0 Å². The van der Waals surface area contributed by atoms with E-state index >= 15 is 0 Å². The second kappa shape index (κ2) is 10.3. The number of amides is 2. The van der Waals surface area contributed by atoms with Crippen LogP contribution in [0.25, 0.3) is 0 Å². The minimum atomic E-state index is -0.889. The van der Waals surface area contributed by atoms with Crippen LogP contribution in [0.15, 0.2) is 30.3 Å². The third kappa shape index (κ3) is 4.49. The highest BCUT2D eigenvalue weighted by atomic mass is 16.2. The molecule has 39 heavy (non-hydrogen) atoms. The molecule has 1 saturated heterocycles. The summed E-state index contributed by atoms with van der Waals surface area (Å²) in [5, 5.41) is 9.14. The minimum absolute atomic E-state index is 0.173. The molecule has 0 bridgehead atoms. The normalized spacial score (nSPS) is 20.8. The van der Waals surface area contributed by atoms with Crippen molar-refractivity contribution in [2.24, 2.45) is 0 Å². The molecule has 2 aliphatic heterocycles. The lowest BCUT2D eigenvalue weighted by molar-refractivity contribution is -0.127. The van der Waals surface area contributed by atoms with E-state index in [1.54, 1.807) is 44.2 Å². The first-order valence-electron chi connectivity index (χ1n) is 14.1. The van der Waals surface area contributed by atoms with E-state index in [-0.39, 0.29) is 45.6 Å². The number of carbonyl (C=O) groups is 4. The van der Waals surface area contributed by atoms with Gasteiger partial charge in [-0.2, -0.15) is 0 Å². The number of hydrogen-bond acceptors (Lipinski definition) is 6. The van der Waals surface area contributed by atoms with Crippen molar-refractivity contribution in [2.75, 3.05) is 30.3 Å². The molecule has 1 atom stereocenters. The molecule has 0 spiro atoms. The van der Waals surface area contributed by atoms with Crippen molar-refractivity contribution in [3.05, 3.63) is 58.1 Å². The van der Waals surface area contributed by atoms with Crippen LogP contribution in [-0.4, -0.2) is 53.5 Å². The summed E-state index contributed by atoms with van der Waals surface area (Å²) in [5.41, 5.74) is 0.627. The van der Waals surface area contributed by atoms with Crippen molar-refractivity contribution in [1.82, 2.24) is 10.2 Å². The molecule has 1 unspecified atom stereocenters. The van der Waals surface area contributed by atoms with Crippen LogP contribution in [0.2, 0.25) is 0 Å². The van der Waals surface area contributed by atoms with Gasteiger partial charge in [0.15, 0.2) is 11.6 Å². The number of anilines is 2. The van der Waals surface area contributed by atoms with Crippen molar-refractivity contribution >= 4 is 34.8 Å². The Balaban J connectivity index is 1.48. The number of nitrogens with zero attached hydrogens (tertiary/aromatic N) is 1. The van der Waals surface area contributed by atoms with Gasteiger partial charge in [-0.3, -0.25) is 24.1 Å². The van der Waals surface area contributed by atoms with Gasteiger partial charge in [-0.05, 0) is 71.8 Å². The summed E-state index contributed by atoms with van der Waals surface area (Å²) < 4.78 is 0. The number of benzene rings is 2. The number of unbranched alkanes of at least 4 members (excludes halogenated alkanes) is 2. The molecule has 2 aromatic carbocycles. The van der Waals surface area contributed by atoms with Crippen molar-refractivity contribution < 1.29 is 19.2 Å². The monoisotopic (exact) mass is 530 g/mol. The molecular formula is C31H38N4O4. The van der Waals surface area contributed by atoms with Crippen LogP contribution in [0.4, 0.5) is 11.4 Å². The fraction of sp³-hybridized carbons (Fsp3) is 0.484.